The van der Waals surface area contributed by atoms with Gasteiger partial charge in [-0.3, -0.25) is 37.3 Å². The summed E-state index contributed by atoms with van der Waals surface area (Å²) in [5.74, 6) is -1.31. The summed E-state index contributed by atoms with van der Waals surface area (Å²) in [5, 5.41) is 10.6. The number of carbonyl (C=O) groups is 4. The molecule has 0 spiro atoms. The number of hydrogen-bond acceptors (Lipinski definition) is 15. The van der Waals surface area contributed by atoms with Crippen LogP contribution in [-0.4, -0.2) is 96.7 Å². The lowest BCUT2D eigenvalue weighted by atomic mass is 10.0. The highest BCUT2D eigenvalue weighted by atomic mass is 31.2. The molecule has 94 heavy (non-hydrogen) atoms. The van der Waals surface area contributed by atoms with E-state index in [9.17, 15) is 43.2 Å². The normalized spacial score (nSPS) is 14.0. The SMILES string of the molecule is CCCCCCCCCCCCCCCCCCCCC(=O)OC[C@H](COP(=O)(O)OC[C@@H](O)COP(=O)(O)OC[C@@H](COC(=O)CCCCCCCCCC)OC(=O)CCCCCCCCCCC)OC(=O)CCCCCCCCCCCCCCCCCCC(C)C. The summed E-state index contributed by atoms with van der Waals surface area (Å²) in [6, 6.07) is 0. The molecule has 2 unspecified atom stereocenters. The number of aliphatic hydroxyl groups excluding tert-OH is 1. The molecule has 0 fully saturated rings. The number of unbranched alkanes of at least 4 members (excludes halogenated alkanes) is 47. The molecule has 0 bridgehead atoms. The Labute approximate surface area is 575 Å². The van der Waals surface area contributed by atoms with Crippen LogP contribution in [0, 0.1) is 5.92 Å². The molecule has 0 aliphatic carbocycles. The first-order valence-electron chi connectivity index (χ1n) is 39.1. The summed E-state index contributed by atoms with van der Waals surface area (Å²) in [7, 11) is -9.90. The molecule has 0 saturated carbocycles. The second kappa shape index (κ2) is 68.2. The van der Waals surface area contributed by atoms with Crippen molar-refractivity contribution in [2.45, 2.75) is 412 Å². The largest absolute Gasteiger partial charge is 0.472 e. The number of phosphoric ester groups is 2. The fourth-order valence-electron chi connectivity index (χ4n) is 11.5. The van der Waals surface area contributed by atoms with Crippen molar-refractivity contribution < 1.29 is 80.2 Å². The van der Waals surface area contributed by atoms with Gasteiger partial charge in [0.2, 0.25) is 0 Å². The molecule has 0 aromatic rings. The summed E-state index contributed by atoms with van der Waals surface area (Å²) >= 11 is 0. The van der Waals surface area contributed by atoms with Crippen LogP contribution in [-0.2, 0) is 65.4 Å². The topological polar surface area (TPSA) is 237 Å². The molecule has 3 N–H and O–H groups in total. The lowest BCUT2D eigenvalue weighted by molar-refractivity contribution is -0.161. The van der Waals surface area contributed by atoms with E-state index in [2.05, 4.69) is 34.6 Å². The van der Waals surface area contributed by atoms with Gasteiger partial charge in [0.25, 0.3) is 0 Å². The fraction of sp³-hybridized carbons (Fsp3) is 0.947. The maximum Gasteiger partial charge on any atom is 0.472 e. The molecule has 0 aliphatic heterocycles. The molecule has 0 aliphatic rings. The van der Waals surface area contributed by atoms with Gasteiger partial charge in [0.1, 0.15) is 19.3 Å². The van der Waals surface area contributed by atoms with Gasteiger partial charge < -0.3 is 33.8 Å². The fourth-order valence-corrected chi connectivity index (χ4v) is 13.1. The zero-order valence-corrected chi connectivity index (χ0v) is 62.9. The Kier molecular flexibility index (Phi) is 66.8. The van der Waals surface area contributed by atoms with E-state index in [0.29, 0.717) is 25.7 Å². The number of carbonyl (C=O) groups excluding carboxylic acids is 4. The van der Waals surface area contributed by atoms with Gasteiger partial charge in [-0.1, -0.05) is 343 Å². The van der Waals surface area contributed by atoms with Crippen molar-refractivity contribution in [3.63, 3.8) is 0 Å². The molecule has 0 amide bonds. The summed E-state index contributed by atoms with van der Waals surface area (Å²) in [6.07, 6.45) is 57.0. The summed E-state index contributed by atoms with van der Waals surface area (Å²) in [5.41, 5.74) is 0. The molecule has 0 aromatic heterocycles. The van der Waals surface area contributed by atoms with E-state index in [1.54, 1.807) is 0 Å². The smallest absolute Gasteiger partial charge is 0.462 e. The molecule has 0 aromatic carbocycles. The zero-order valence-electron chi connectivity index (χ0n) is 61.1. The van der Waals surface area contributed by atoms with Crippen LogP contribution in [0.4, 0.5) is 0 Å². The van der Waals surface area contributed by atoms with Gasteiger partial charge in [0.05, 0.1) is 26.4 Å². The minimum Gasteiger partial charge on any atom is -0.462 e. The van der Waals surface area contributed by atoms with E-state index < -0.39 is 97.5 Å². The lowest BCUT2D eigenvalue weighted by Gasteiger charge is -2.21. The van der Waals surface area contributed by atoms with Gasteiger partial charge in [-0.15, -0.1) is 0 Å². The maximum absolute atomic E-state index is 13.1. The van der Waals surface area contributed by atoms with Crippen molar-refractivity contribution >= 4 is 39.5 Å². The van der Waals surface area contributed by atoms with Crippen LogP contribution in [0.3, 0.4) is 0 Å². The zero-order chi connectivity index (χ0) is 69.1. The van der Waals surface area contributed by atoms with E-state index in [-0.39, 0.29) is 25.7 Å². The van der Waals surface area contributed by atoms with E-state index >= 15 is 0 Å². The predicted octanol–water partition coefficient (Wildman–Crippen LogP) is 22.1. The second-order valence-corrected chi connectivity index (χ2v) is 30.4. The van der Waals surface area contributed by atoms with Crippen molar-refractivity contribution in [1.82, 2.24) is 0 Å². The molecular formula is C75H146O17P2. The molecule has 0 heterocycles. The summed E-state index contributed by atoms with van der Waals surface area (Å²) in [4.78, 5) is 72.6. The minimum atomic E-state index is -4.95. The Morgan fingerprint density at radius 3 is 0.723 bits per heavy atom. The Morgan fingerprint density at radius 2 is 0.489 bits per heavy atom. The van der Waals surface area contributed by atoms with E-state index in [1.165, 1.54) is 212 Å². The highest BCUT2D eigenvalue weighted by Crippen LogP contribution is 2.45. The van der Waals surface area contributed by atoms with Gasteiger partial charge in [-0.2, -0.15) is 0 Å². The monoisotopic (exact) mass is 1380 g/mol. The standard InChI is InChI=1S/C75H146O17P2/c1-6-9-12-15-18-21-22-23-24-25-26-30-33-36-40-44-49-54-59-73(78)86-65-71(92-75(80)61-56-51-46-41-37-34-31-28-27-29-32-35-39-42-47-52-57-68(4)5)67-90-94(83,84)88-63-69(76)62-87-93(81,82)89-66-70(64-85-72(77)58-53-48-43-20-17-14-11-8-3)91-74(79)60-55-50-45-38-19-16-13-10-7-2/h68-71,76H,6-67H2,1-5H3,(H,81,82)(H,83,84)/t69-,70+,71+/m0/s1. The number of rotatable bonds is 75. The van der Waals surface area contributed by atoms with Gasteiger partial charge >= 0.3 is 39.5 Å². The van der Waals surface area contributed by atoms with Gasteiger partial charge in [0.15, 0.2) is 12.2 Å². The number of esters is 4. The Hall–Kier alpha value is -1.94. The van der Waals surface area contributed by atoms with Crippen molar-refractivity contribution in [2.24, 2.45) is 5.92 Å². The van der Waals surface area contributed by atoms with Gasteiger partial charge in [-0.25, -0.2) is 9.13 Å². The van der Waals surface area contributed by atoms with Gasteiger partial charge in [0, 0.05) is 25.7 Å². The first-order chi connectivity index (χ1) is 45.5. The highest BCUT2D eigenvalue weighted by molar-refractivity contribution is 7.47. The molecule has 17 nitrogen and oxygen atoms in total. The molecule has 558 valence electrons. The van der Waals surface area contributed by atoms with Crippen LogP contribution in [0.15, 0.2) is 0 Å². The van der Waals surface area contributed by atoms with Crippen LogP contribution >= 0.6 is 15.6 Å². The maximum atomic E-state index is 13.1. The average molecular weight is 1380 g/mol. The van der Waals surface area contributed by atoms with E-state index in [1.807, 2.05) is 0 Å². The number of hydrogen-bond donors (Lipinski definition) is 3. The van der Waals surface area contributed by atoms with Crippen LogP contribution in [0.25, 0.3) is 0 Å². The third-order valence-electron chi connectivity index (χ3n) is 17.5. The van der Waals surface area contributed by atoms with E-state index in [4.69, 9.17) is 37.0 Å². The molecule has 19 heteroatoms. The molecule has 5 atom stereocenters. The minimum absolute atomic E-state index is 0.106. The summed E-state index contributed by atoms with van der Waals surface area (Å²) in [6.45, 7) is 7.27. The van der Waals surface area contributed by atoms with Crippen LogP contribution < -0.4 is 0 Å². The van der Waals surface area contributed by atoms with Crippen LogP contribution in [0.5, 0.6) is 0 Å². The predicted molar refractivity (Wildman–Crippen MR) is 382 cm³/mol. The lowest BCUT2D eigenvalue weighted by Crippen LogP contribution is -2.30. The van der Waals surface area contributed by atoms with E-state index in [0.717, 1.165) is 102 Å². The highest BCUT2D eigenvalue weighted by Gasteiger charge is 2.30. The van der Waals surface area contributed by atoms with Crippen molar-refractivity contribution in [3.8, 4) is 0 Å². The Morgan fingerprint density at radius 1 is 0.287 bits per heavy atom. The molecular weight excluding hydrogens is 1230 g/mol. The third-order valence-corrected chi connectivity index (χ3v) is 19.4. The number of ether oxygens (including phenoxy) is 4. The first-order valence-corrected chi connectivity index (χ1v) is 42.1. The summed E-state index contributed by atoms with van der Waals surface area (Å²) < 4.78 is 68.3. The van der Waals surface area contributed by atoms with Crippen molar-refractivity contribution in [1.29, 1.82) is 0 Å². The molecule has 0 radical (unpaired) electrons. The quantitative estimate of drug-likeness (QED) is 0.0222. The number of aliphatic hydroxyl groups is 1. The Balaban J connectivity index is 5.17. The third kappa shape index (κ3) is 68.6. The second-order valence-electron chi connectivity index (χ2n) is 27.5. The molecule has 0 saturated heterocycles. The number of phosphoric acid groups is 2. The van der Waals surface area contributed by atoms with Crippen LogP contribution in [0.1, 0.15) is 394 Å². The van der Waals surface area contributed by atoms with Gasteiger partial charge in [-0.05, 0) is 31.6 Å². The van der Waals surface area contributed by atoms with Crippen LogP contribution in [0.2, 0.25) is 0 Å². The van der Waals surface area contributed by atoms with Crippen molar-refractivity contribution in [2.75, 3.05) is 39.6 Å². The first kappa shape index (κ1) is 92.1. The van der Waals surface area contributed by atoms with Crippen molar-refractivity contribution in [3.05, 3.63) is 0 Å². The average Bonchev–Trinajstić information content (AvgIpc) is 1.46. The Bertz CT molecular complexity index is 1810. The molecule has 0 rings (SSSR count).